The lowest BCUT2D eigenvalue weighted by molar-refractivity contribution is -0.138. The summed E-state index contributed by atoms with van der Waals surface area (Å²) in [6.45, 7) is 0. The molecule has 1 rings (SSSR count). The third-order valence-corrected chi connectivity index (χ3v) is 2.15. The number of nitrogens with zero attached hydrogens (tertiary/aromatic N) is 1. The van der Waals surface area contributed by atoms with Crippen LogP contribution in [0.2, 0.25) is 0 Å². The van der Waals surface area contributed by atoms with E-state index in [9.17, 15) is 9.59 Å². The molecule has 0 spiro atoms. The first-order valence-electron chi connectivity index (χ1n) is 4.44. The van der Waals surface area contributed by atoms with Crippen LogP contribution in [0.15, 0.2) is 33.8 Å². The highest BCUT2D eigenvalue weighted by molar-refractivity contribution is 9.10. The summed E-state index contributed by atoms with van der Waals surface area (Å²) in [4.78, 5) is 21.8. The first-order chi connectivity index (χ1) is 7.63. The molecule has 84 valence electrons. The zero-order chi connectivity index (χ0) is 12.0. The Morgan fingerprint density at radius 3 is 2.75 bits per heavy atom. The Hall–Kier alpha value is -1.69. The van der Waals surface area contributed by atoms with Crippen LogP contribution in [0.25, 0.3) is 0 Å². The SMILES string of the molecule is CNC(=O)C(=O)N/N=C\c1cccc(Br)c1. The fourth-order valence-corrected chi connectivity index (χ4v) is 1.33. The van der Waals surface area contributed by atoms with Gasteiger partial charge in [-0.1, -0.05) is 28.1 Å². The summed E-state index contributed by atoms with van der Waals surface area (Å²) in [7, 11) is 1.37. The second-order valence-corrected chi connectivity index (χ2v) is 3.75. The summed E-state index contributed by atoms with van der Waals surface area (Å²) in [5.41, 5.74) is 2.92. The van der Waals surface area contributed by atoms with Crippen LogP contribution in [0, 0.1) is 0 Å². The third-order valence-electron chi connectivity index (χ3n) is 1.66. The van der Waals surface area contributed by atoms with Crippen LogP contribution in [0.1, 0.15) is 5.56 Å². The number of carbonyl (C=O) groups is 2. The first-order valence-corrected chi connectivity index (χ1v) is 5.23. The smallest absolute Gasteiger partial charge is 0.329 e. The third kappa shape index (κ3) is 3.82. The van der Waals surface area contributed by atoms with Gasteiger partial charge in [0.25, 0.3) is 0 Å². The molecule has 0 fully saturated rings. The molecule has 0 radical (unpaired) electrons. The molecular weight excluding hydrogens is 274 g/mol. The van der Waals surface area contributed by atoms with Gasteiger partial charge in [-0.05, 0) is 17.7 Å². The lowest BCUT2D eigenvalue weighted by atomic mass is 10.2. The van der Waals surface area contributed by atoms with Crippen LogP contribution in [-0.2, 0) is 9.59 Å². The molecule has 2 N–H and O–H groups in total. The number of halogens is 1. The molecule has 1 aromatic rings. The van der Waals surface area contributed by atoms with Gasteiger partial charge < -0.3 is 5.32 Å². The van der Waals surface area contributed by atoms with Crippen molar-refractivity contribution >= 4 is 34.0 Å². The average molecular weight is 284 g/mol. The van der Waals surface area contributed by atoms with Crippen molar-refractivity contribution in [3.63, 3.8) is 0 Å². The highest BCUT2D eigenvalue weighted by atomic mass is 79.9. The minimum atomic E-state index is -0.797. The first kappa shape index (κ1) is 12.4. The van der Waals surface area contributed by atoms with Gasteiger partial charge in [-0.2, -0.15) is 5.10 Å². The van der Waals surface area contributed by atoms with Gasteiger partial charge in [-0.25, -0.2) is 5.43 Å². The Bertz CT molecular complexity index is 432. The predicted octanol–water partition coefficient (Wildman–Crippen LogP) is 0.645. The molecule has 0 saturated heterocycles. The van der Waals surface area contributed by atoms with Gasteiger partial charge in [0, 0.05) is 11.5 Å². The maximum atomic E-state index is 11.0. The quantitative estimate of drug-likeness (QED) is 0.475. The number of carbonyl (C=O) groups excluding carboxylic acids is 2. The van der Waals surface area contributed by atoms with Crippen LogP contribution >= 0.6 is 15.9 Å². The zero-order valence-corrected chi connectivity index (χ0v) is 10.1. The van der Waals surface area contributed by atoms with Crippen LogP contribution < -0.4 is 10.7 Å². The molecule has 0 bridgehead atoms. The van der Waals surface area contributed by atoms with Crippen LogP contribution in [0.5, 0.6) is 0 Å². The summed E-state index contributed by atoms with van der Waals surface area (Å²) in [5, 5.41) is 5.84. The number of hydrazone groups is 1. The standard InChI is InChI=1S/C10H10BrN3O2/c1-12-9(15)10(16)14-13-6-7-3-2-4-8(11)5-7/h2-6H,1H3,(H,12,15)(H,14,16)/b13-6-. The fourth-order valence-electron chi connectivity index (χ4n) is 0.917. The van der Waals surface area contributed by atoms with Gasteiger partial charge in [0.05, 0.1) is 6.21 Å². The molecule has 1 aromatic carbocycles. The molecule has 16 heavy (non-hydrogen) atoms. The second kappa shape index (κ2) is 6.02. The van der Waals surface area contributed by atoms with E-state index in [1.54, 1.807) is 0 Å². The highest BCUT2D eigenvalue weighted by Crippen LogP contribution is 2.09. The van der Waals surface area contributed by atoms with Crippen LogP contribution in [0.4, 0.5) is 0 Å². The molecule has 5 nitrogen and oxygen atoms in total. The zero-order valence-electron chi connectivity index (χ0n) is 8.53. The number of amides is 2. The molecule has 0 aliphatic rings. The van der Waals surface area contributed by atoms with Crippen LogP contribution in [0.3, 0.4) is 0 Å². The maximum Gasteiger partial charge on any atom is 0.329 e. The van der Waals surface area contributed by atoms with Crippen molar-refractivity contribution in [2.24, 2.45) is 5.10 Å². The van der Waals surface area contributed by atoms with E-state index < -0.39 is 11.8 Å². The van der Waals surface area contributed by atoms with E-state index in [0.29, 0.717) is 0 Å². The van der Waals surface area contributed by atoms with Gasteiger partial charge in [0.2, 0.25) is 0 Å². The van der Waals surface area contributed by atoms with Gasteiger partial charge in [-0.15, -0.1) is 0 Å². The predicted molar refractivity (Wildman–Crippen MR) is 63.9 cm³/mol. The van der Waals surface area contributed by atoms with Crippen molar-refractivity contribution in [2.75, 3.05) is 7.05 Å². The Morgan fingerprint density at radius 2 is 2.12 bits per heavy atom. The average Bonchev–Trinajstić information content (AvgIpc) is 2.28. The second-order valence-electron chi connectivity index (χ2n) is 2.83. The number of hydrogen-bond acceptors (Lipinski definition) is 3. The number of nitrogens with one attached hydrogen (secondary N) is 2. The Balaban J connectivity index is 2.55. The highest BCUT2D eigenvalue weighted by Gasteiger charge is 2.08. The van der Waals surface area contributed by atoms with Crippen molar-refractivity contribution < 1.29 is 9.59 Å². The minimum Gasteiger partial charge on any atom is -0.351 e. The Kier molecular flexibility index (Phi) is 4.65. The van der Waals surface area contributed by atoms with Crippen molar-refractivity contribution in [2.45, 2.75) is 0 Å². The van der Waals surface area contributed by atoms with E-state index in [4.69, 9.17) is 0 Å². The molecule has 6 heteroatoms. The molecule has 0 aliphatic carbocycles. The molecule has 0 aliphatic heterocycles. The number of hydrogen-bond donors (Lipinski definition) is 2. The molecular formula is C10H10BrN3O2. The molecule has 0 unspecified atom stereocenters. The van der Waals surface area contributed by atoms with Gasteiger partial charge >= 0.3 is 11.8 Å². The van der Waals surface area contributed by atoms with Gasteiger partial charge in [-0.3, -0.25) is 9.59 Å². The van der Waals surface area contributed by atoms with Crippen molar-refractivity contribution in [3.8, 4) is 0 Å². The number of rotatable bonds is 2. The van der Waals surface area contributed by atoms with E-state index in [2.05, 4.69) is 31.8 Å². The lowest BCUT2D eigenvalue weighted by Crippen LogP contribution is -2.35. The summed E-state index contributed by atoms with van der Waals surface area (Å²) in [5.74, 6) is -1.53. The summed E-state index contributed by atoms with van der Waals surface area (Å²) < 4.78 is 0.911. The van der Waals surface area contributed by atoms with Gasteiger partial charge in [0.15, 0.2) is 0 Å². The summed E-state index contributed by atoms with van der Waals surface area (Å²) in [6.07, 6.45) is 1.45. The molecule has 0 heterocycles. The topological polar surface area (TPSA) is 70.6 Å². The van der Waals surface area contributed by atoms with Gasteiger partial charge in [0.1, 0.15) is 0 Å². The molecule has 2 amide bonds. The minimum absolute atomic E-state index is 0.730. The van der Waals surface area contributed by atoms with E-state index in [-0.39, 0.29) is 0 Å². The van der Waals surface area contributed by atoms with Crippen molar-refractivity contribution in [1.29, 1.82) is 0 Å². The largest absolute Gasteiger partial charge is 0.351 e. The monoisotopic (exact) mass is 283 g/mol. The molecule has 0 aromatic heterocycles. The lowest BCUT2D eigenvalue weighted by Gasteiger charge is -1.97. The van der Waals surface area contributed by atoms with Crippen LogP contribution in [-0.4, -0.2) is 25.1 Å². The van der Waals surface area contributed by atoms with E-state index in [0.717, 1.165) is 10.0 Å². The summed E-state index contributed by atoms with van der Waals surface area (Å²) >= 11 is 3.30. The number of likely N-dealkylation sites (N-methyl/N-ethyl adjacent to an activating group) is 1. The van der Waals surface area contributed by atoms with Crippen molar-refractivity contribution in [3.05, 3.63) is 34.3 Å². The van der Waals surface area contributed by atoms with Crippen molar-refractivity contribution in [1.82, 2.24) is 10.7 Å². The number of benzene rings is 1. The summed E-state index contributed by atoms with van der Waals surface area (Å²) in [6, 6.07) is 7.36. The van der Waals surface area contributed by atoms with E-state index in [1.807, 2.05) is 24.3 Å². The van der Waals surface area contributed by atoms with E-state index in [1.165, 1.54) is 13.3 Å². The molecule has 0 atom stereocenters. The molecule has 0 saturated carbocycles. The fraction of sp³-hybridized carbons (Fsp3) is 0.100. The Morgan fingerprint density at radius 1 is 1.38 bits per heavy atom. The van der Waals surface area contributed by atoms with E-state index >= 15 is 0 Å². The normalized spacial score (nSPS) is 10.1. The Labute approximate surface area is 101 Å². The maximum absolute atomic E-state index is 11.0.